The maximum atomic E-state index is 10.5. The van der Waals surface area contributed by atoms with Crippen LogP contribution in [0.15, 0.2) is 42.5 Å². The summed E-state index contributed by atoms with van der Waals surface area (Å²) < 4.78 is 38.4. The van der Waals surface area contributed by atoms with Gasteiger partial charge in [0.25, 0.3) is 0 Å². The molecule has 1 N–H and O–H groups in total. The topological polar surface area (TPSA) is 75.6 Å². The summed E-state index contributed by atoms with van der Waals surface area (Å²) in [6.07, 6.45) is 7.00. The van der Waals surface area contributed by atoms with Gasteiger partial charge in [0.05, 0.1) is 20.3 Å². The summed E-state index contributed by atoms with van der Waals surface area (Å²) in [4.78, 5) is 0. The number of hydrogen-bond donors (Lipinski definition) is 1. The summed E-state index contributed by atoms with van der Waals surface area (Å²) in [5.74, 6) is 0.838. The van der Waals surface area contributed by atoms with Gasteiger partial charge in [-0.05, 0) is 66.5 Å². The van der Waals surface area contributed by atoms with Crippen molar-refractivity contribution in [3.05, 3.63) is 64.7 Å². The van der Waals surface area contributed by atoms with E-state index in [1.54, 1.807) is 7.11 Å². The molecule has 0 unspecified atom stereocenters. The molecule has 1 fully saturated rings. The minimum Gasteiger partial charge on any atom is -0.497 e. The fraction of sp³-hybridized carbons (Fsp3) is 0.676. The van der Waals surface area contributed by atoms with E-state index < -0.39 is 12.2 Å². The van der Waals surface area contributed by atoms with E-state index in [4.69, 9.17) is 28.4 Å². The summed E-state index contributed by atoms with van der Waals surface area (Å²) in [5, 5.41) is 10.5. The summed E-state index contributed by atoms with van der Waals surface area (Å²) >= 11 is 0. The number of methoxy groups -OCH3 is 1. The van der Waals surface area contributed by atoms with E-state index in [2.05, 4.69) is 52.0 Å². The molecule has 0 bridgehead atoms. The molecule has 3 rings (SSSR count). The molecule has 1 saturated heterocycles. The van der Waals surface area contributed by atoms with E-state index >= 15 is 0 Å². The van der Waals surface area contributed by atoms with Gasteiger partial charge in [-0.1, -0.05) is 83.7 Å². The molecule has 248 valence electrons. The summed E-state index contributed by atoms with van der Waals surface area (Å²) in [6.45, 7) is 11.6. The molecule has 2 aromatic rings. The van der Waals surface area contributed by atoms with Gasteiger partial charge in [0.1, 0.15) is 36.3 Å². The Morgan fingerprint density at radius 2 is 1.25 bits per heavy atom. The van der Waals surface area contributed by atoms with Crippen molar-refractivity contribution in [2.45, 2.75) is 123 Å². The highest BCUT2D eigenvalue weighted by atomic mass is 16.6. The van der Waals surface area contributed by atoms with Crippen LogP contribution in [0.5, 0.6) is 5.75 Å². The fourth-order valence-electron chi connectivity index (χ4n) is 5.55. The molecule has 1 heterocycles. The molecule has 0 aliphatic carbocycles. The molecule has 1 aliphatic heterocycles. The molecule has 5 atom stereocenters. The van der Waals surface area contributed by atoms with Gasteiger partial charge < -0.3 is 33.5 Å². The second kappa shape index (κ2) is 20.9. The zero-order valence-electron chi connectivity index (χ0n) is 27.9. The van der Waals surface area contributed by atoms with Crippen molar-refractivity contribution < 1.29 is 33.5 Å². The molecule has 7 heteroatoms. The van der Waals surface area contributed by atoms with Crippen molar-refractivity contribution in [2.24, 2.45) is 0 Å². The Morgan fingerprint density at radius 3 is 1.84 bits per heavy atom. The highest BCUT2D eigenvalue weighted by Gasteiger charge is 2.49. The first-order chi connectivity index (χ1) is 21.6. The third-order valence-electron chi connectivity index (χ3n) is 8.24. The first-order valence-electron chi connectivity index (χ1n) is 17.0. The number of aliphatic hydroxyl groups is 1. The summed E-state index contributed by atoms with van der Waals surface area (Å²) in [7, 11) is 1.68. The molecule has 1 aliphatic rings. The smallest absolute Gasteiger partial charge is 0.118 e. The molecule has 7 nitrogen and oxygen atoms in total. The van der Waals surface area contributed by atoms with Crippen LogP contribution in [0.25, 0.3) is 0 Å². The van der Waals surface area contributed by atoms with Gasteiger partial charge in [-0.3, -0.25) is 0 Å². The number of benzene rings is 2. The SMILES string of the molecule is CCCCOC[C@H]1O[C@@H](c2cc(Cc3ccc(OC)cc3)ccc2CO)[C@H](OCCCC)[C@@H](OCCCC)[C@@H]1OCCCC. The van der Waals surface area contributed by atoms with E-state index in [0.717, 1.165) is 80.2 Å². The van der Waals surface area contributed by atoms with Crippen molar-refractivity contribution in [3.63, 3.8) is 0 Å². The van der Waals surface area contributed by atoms with Crippen molar-refractivity contribution in [1.82, 2.24) is 0 Å². The fourth-order valence-corrected chi connectivity index (χ4v) is 5.55. The highest BCUT2D eigenvalue weighted by Crippen LogP contribution is 2.39. The maximum absolute atomic E-state index is 10.5. The quantitative estimate of drug-likeness (QED) is 0.137. The van der Waals surface area contributed by atoms with Crippen LogP contribution in [0.1, 0.15) is 107 Å². The van der Waals surface area contributed by atoms with Crippen LogP contribution >= 0.6 is 0 Å². The Labute approximate surface area is 266 Å². The predicted molar refractivity (Wildman–Crippen MR) is 175 cm³/mol. The molecule has 44 heavy (non-hydrogen) atoms. The molecular formula is C37H58O7. The number of hydrogen-bond acceptors (Lipinski definition) is 7. The van der Waals surface area contributed by atoms with Crippen LogP contribution in [0.3, 0.4) is 0 Å². The lowest BCUT2D eigenvalue weighted by Crippen LogP contribution is -2.58. The van der Waals surface area contributed by atoms with E-state index in [9.17, 15) is 5.11 Å². The first-order valence-corrected chi connectivity index (χ1v) is 17.0. The monoisotopic (exact) mass is 614 g/mol. The van der Waals surface area contributed by atoms with Crippen LogP contribution < -0.4 is 4.74 Å². The van der Waals surface area contributed by atoms with Crippen LogP contribution in [0.2, 0.25) is 0 Å². The van der Waals surface area contributed by atoms with Crippen molar-refractivity contribution in [3.8, 4) is 5.75 Å². The molecule has 2 aromatic carbocycles. The summed E-state index contributed by atoms with van der Waals surface area (Å²) in [6, 6.07) is 14.4. The van der Waals surface area contributed by atoms with E-state index in [1.807, 2.05) is 18.2 Å². The highest BCUT2D eigenvalue weighted by molar-refractivity contribution is 5.38. The van der Waals surface area contributed by atoms with E-state index in [0.29, 0.717) is 33.0 Å². The average Bonchev–Trinajstić information content (AvgIpc) is 3.05. The van der Waals surface area contributed by atoms with Gasteiger partial charge in [-0.2, -0.15) is 0 Å². The molecular weight excluding hydrogens is 556 g/mol. The van der Waals surface area contributed by atoms with Gasteiger partial charge in [0, 0.05) is 26.4 Å². The van der Waals surface area contributed by atoms with Crippen LogP contribution in [0, 0.1) is 0 Å². The number of aliphatic hydroxyl groups excluding tert-OH is 1. The van der Waals surface area contributed by atoms with Gasteiger partial charge in [0.2, 0.25) is 0 Å². The first kappa shape index (κ1) is 36.5. The maximum Gasteiger partial charge on any atom is 0.118 e. The molecule has 0 amide bonds. The van der Waals surface area contributed by atoms with Gasteiger partial charge in [0.15, 0.2) is 0 Å². The Balaban J connectivity index is 2.02. The van der Waals surface area contributed by atoms with E-state index in [-0.39, 0.29) is 24.9 Å². The summed E-state index contributed by atoms with van der Waals surface area (Å²) in [5.41, 5.74) is 4.09. The zero-order chi connectivity index (χ0) is 31.6. The standard InChI is InChI=1S/C37H58O7/c1-6-10-20-40-27-33-35(41-21-11-7-2)37(43-23-13-9-4)36(42-22-12-8-3)34(44-33)32-25-29(14-17-30(32)26-38)24-28-15-18-31(39-5)19-16-28/h14-19,25,33-38H,6-13,20-24,26-27H2,1-5H3/t33-,34+,35-,36+,37+/m1/s1. The van der Waals surface area contributed by atoms with Crippen LogP contribution in [-0.2, 0) is 36.7 Å². The molecule has 0 aromatic heterocycles. The van der Waals surface area contributed by atoms with Crippen molar-refractivity contribution >= 4 is 0 Å². The minimum absolute atomic E-state index is 0.0882. The Morgan fingerprint density at radius 1 is 0.682 bits per heavy atom. The lowest BCUT2D eigenvalue weighted by Gasteiger charge is -2.47. The second-order valence-electron chi connectivity index (χ2n) is 11.8. The predicted octanol–water partition coefficient (Wildman–Crippen LogP) is 7.59. The van der Waals surface area contributed by atoms with Crippen molar-refractivity contribution in [2.75, 3.05) is 40.1 Å². The van der Waals surface area contributed by atoms with Gasteiger partial charge >= 0.3 is 0 Å². The van der Waals surface area contributed by atoms with Gasteiger partial charge in [-0.15, -0.1) is 0 Å². The van der Waals surface area contributed by atoms with Gasteiger partial charge in [-0.25, -0.2) is 0 Å². The lowest BCUT2D eigenvalue weighted by atomic mass is 9.87. The third-order valence-corrected chi connectivity index (χ3v) is 8.24. The average molecular weight is 615 g/mol. The Kier molecular flexibility index (Phi) is 17.3. The normalized spacial score (nSPS) is 21.9. The minimum atomic E-state index is -0.442. The number of rotatable bonds is 22. The van der Waals surface area contributed by atoms with E-state index in [1.165, 1.54) is 5.56 Å². The number of unbranched alkanes of at least 4 members (excludes halogenated alkanes) is 4. The number of ether oxygens (including phenoxy) is 6. The molecule has 0 spiro atoms. The zero-order valence-corrected chi connectivity index (χ0v) is 27.9. The van der Waals surface area contributed by atoms with Crippen molar-refractivity contribution in [1.29, 1.82) is 0 Å². The van der Waals surface area contributed by atoms with Crippen LogP contribution in [-0.4, -0.2) is 69.7 Å². The lowest BCUT2D eigenvalue weighted by molar-refractivity contribution is -0.268. The Hall–Kier alpha value is -2.00. The largest absolute Gasteiger partial charge is 0.497 e. The molecule has 0 radical (unpaired) electrons. The third kappa shape index (κ3) is 11.1. The van der Waals surface area contributed by atoms with Crippen LogP contribution in [0.4, 0.5) is 0 Å². The molecule has 0 saturated carbocycles. The Bertz CT molecular complexity index is 1030. The second-order valence-corrected chi connectivity index (χ2v) is 11.8.